The molecule has 4 nitrogen and oxygen atoms in total. The van der Waals surface area contributed by atoms with Gasteiger partial charge >= 0.3 is 0 Å². The fourth-order valence-corrected chi connectivity index (χ4v) is 4.17. The Morgan fingerprint density at radius 3 is 2.82 bits per heavy atom. The van der Waals surface area contributed by atoms with Crippen molar-refractivity contribution in [2.24, 2.45) is 5.92 Å². The third kappa shape index (κ3) is 3.09. The van der Waals surface area contributed by atoms with Crippen molar-refractivity contribution < 1.29 is 4.74 Å². The Kier molecular flexibility index (Phi) is 4.36. The fraction of sp³-hybridized carbons (Fsp3) is 0.625. The minimum absolute atomic E-state index is 0.117. The lowest BCUT2D eigenvalue weighted by molar-refractivity contribution is -0.0379. The Morgan fingerprint density at radius 1 is 1.36 bits per heavy atom. The Hall–Kier alpha value is -0.850. The van der Waals surface area contributed by atoms with E-state index in [-0.39, 0.29) is 5.60 Å². The molecule has 0 atom stereocenters. The van der Waals surface area contributed by atoms with Crippen molar-refractivity contribution in [1.29, 1.82) is 0 Å². The number of nitrogens with zero attached hydrogens (tertiary/aromatic N) is 2. The van der Waals surface area contributed by atoms with E-state index in [0.29, 0.717) is 12.5 Å². The highest BCUT2D eigenvalue weighted by molar-refractivity contribution is 7.98. The molecule has 2 aromatic rings. The Labute approximate surface area is 140 Å². The second-order valence-electron chi connectivity index (χ2n) is 6.74. The van der Waals surface area contributed by atoms with Crippen LogP contribution in [0.25, 0.3) is 10.2 Å². The maximum absolute atomic E-state index is 5.95. The molecule has 0 saturated carbocycles. The van der Waals surface area contributed by atoms with Crippen LogP contribution in [0.15, 0.2) is 5.16 Å². The maximum atomic E-state index is 5.95. The van der Waals surface area contributed by atoms with Gasteiger partial charge in [0.05, 0.1) is 17.6 Å². The van der Waals surface area contributed by atoms with Gasteiger partial charge in [-0.05, 0) is 31.6 Å². The molecule has 1 aliphatic heterocycles. The molecular formula is C16H23N3OS2. The summed E-state index contributed by atoms with van der Waals surface area (Å²) in [4.78, 5) is 11.8. The van der Waals surface area contributed by atoms with E-state index in [9.17, 15) is 0 Å². The molecule has 3 rings (SSSR count). The molecule has 3 heterocycles. The van der Waals surface area contributed by atoms with Crippen molar-refractivity contribution in [3.8, 4) is 0 Å². The molecule has 0 bridgehead atoms. The first-order chi connectivity index (χ1) is 10.4. The molecule has 6 heteroatoms. The average Bonchev–Trinajstić information content (AvgIpc) is 2.81. The predicted octanol–water partition coefficient (Wildman–Crippen LogP) is 4.33. The molecular weight excluding hydrogens is 314 g/mol. The normalized spacial score (nSPS) is 17.0. The van der Waals surface area contributed by atoms with Gasteiger partial charge in [0.25, 0.3) is 0 Å². The van der Waals surface area contributed by atoms with Crippen LogP contribution in [0.2, 0.25) is 0 Å². The molecule has 1 aliphatic rings. The van der Waals surface area contributed by atoms with Crippen LogP contribution in [0.5, 0.6) is 0 Å². The number of fused-ring (bicyclic) bond motifs is 3. The van der Waals surface area contributed by atoms with E-state index in [1.807, 2.05) is 6.26 Å². The second kappa shape index (κ2) is 5.98. The Balaban J connectivity index is 2.12. The van der Waals surface area contributed by atoms with Gasteiger partial charge in [-0.1, -0.05) is 25.6 Å². The van der Waals surface area contributed by atoms with Crippen LogP contribution in [-0.4, -0.2) is 28.4 Å². The smallest absolute Gasteiger partial charge is 0.190 e. The first-order valence-electron chi connectivity index (χ1n) is 7.64. The monoisotopic (exact) mass is 337 g/mol. The summed E-state index contributed by atoms with van der Waals surface area (Å²) < 4.78 is 5.95. The molecule has 120 valence electrons. The standard InChI is InChI=1S/C16H23N3OS2/c1-9(2)7-17-13-12-10-6-16(3,4)20-8-11(10)22-14(12)19-15(18-13)21-5/h9H,6-8H2,1-5H3,(H,17,18,19). The van der Waals surface area contributed by atoms with Crippen molar-refractivity contribution in [1.82, 2.24) is 9.97 Å². The van der Waals surface area contributed by atoms with Crippen LogP contribution >= 0.6 is 23.1 Å². The molecule has 0 aliphatic carbocycles. The molecule has 1 N–H and O–H groups in total. The van der Waals surface area contributed by atoms with Gasteiger partial charge in [-0.25, -0.2) is 9.97 Å². The summed E-state index contributed by atoms with van der Waals surface area (Å²) in [6, 6.07) is 0. The summed E-state index contributed by atoms with van der Waals surface area (Å²) in [6.07, 6.45) is 2.94. The zero-order valence-corrected chi connectivity index (χ0v) is 15.5. The van der Waals surface area contributed by atoms with Gasteiger partial charge in [0.1, 0.15) is 10.6 Å². The van der Waals surface area contributed by atoms with E-state index in [2.05, 4.69) is 33.0 Å². The lowest BCUT2D eigenvalue weighted by Gasteiger charge is -2.30. The first-order valence-corrected chi connectivity index (χ1v) is 9.68. The molecule has 0 aromatic carbocycles. The van der Waals surface area contributed by atoms with Gasteiger partial charge < -0.3 is 10.1 Å². The molecule has 0 radical (unpaired) electrons. The molecule has 0 fully saturated rings. The fourth-order valence-electron chi connectivity index (χ4n) is 2.65. The number of aromatic nitrogens is 2. The lowest BCUT2D eigenvalue weighted by atomic mass is 9.94. The van der Waals surface area contributed by atoms with Gasteiger partial charge in [-0.2, -0.15) is 0 Å². The minimum Gasteiger partial charge on any atom is -0.370 e. The van der Waals surface area contributed by atoms with E-state index in [4.69, 9.17) is 14.7 Å². The van der Waals surface area contributed by atoms with Crippen molar-refractivity contribution in [3.63, 3.8) is 0 Å². The van der Waals surface area contributed by atoms with Crippen molar-refractivity contribution in [2.75, 3.05) is 18.1 Å². The summed E-state index contributed by atoms with van der Waals surface area (Å²) >= 11 is 3.34. The highest BCUT2D eigenvalue weighted by Gasteiger charge is 2.31. The minimum atomic E-state index is -0.117. The quantitative estimate of drug-likeness (QED) is 0.664. The molecule has 0 amide bonds. The van der Waals surface area contributed by atoms with Crippen LogP contribution in [0.4, 0.5) is 5.82 Å². The van der Waals surface area contributed by atoms with Gasteiger partial charge in [0.2, 0.25) is 0 Å². The summed E-state index contributed by atoms with van der Waals surface area (Å²) in [5.74, 6) is 1.57. The van der Waals surface area contributed by atoms with Crippen molar-refractivity contribution in [2.45, 2.75) is 51.5 Å². The third-order valence-corrected chi connectivity index (χ3v) is 5.42. The van der Waals surface area contributed by atoms with Gasteiger partial charge in [0, 0.05) is 17.8 Å². The van der Waals surface area contributed by atoms with E-state index >= 15 is 0 Å². The van der Waals surface area contributed by atoms with Crippen molar-refractivity contribution in [3.05, 3.63) is 10.4 Å². The maximum Gasteiger partial charge on any atom is 0.190 e. The zero-order chi connectivity index (χ0) is 15.9. The number of hydrogen-bond donors (Lipinski definition) is 1. The number of hydrogen-bond acceptors (Lipinski definition) is 6. The lowest BCUT2D eigenvalue weighted by Crippen LogP contribution is -2.31. The second-order valence-corrected chi connectivity index (χ2v) is 8.60. The van der Waals surface area contributed by atoms with Crippen LogP contribution in [0, 0.1) is 5.92 Å². The van der Waals surface area contributed by atoms with Crippen LogP contribution in [0.1, 0.15) is 38.1 Å². The van der Waals surface area contributed by atoms with E-state index in [0.717, 1.165) is 28.8 Å². The zero-order valence-electron chi connectivity index (χ0n) is 13.8. The third-order valence-electron chi connectivity index (χ3n) is 3.77. The summed E-state index contributed by atoms with van der Waals surface area (Å²) in [5, 5.41) is 5.56. The molecule has 0 saturated heterocycles. The predicted molar refractivity (Wildman–Crippen MR) is 95.1 cm³/mol. The highest BCUT2D eigenvalue weighted by Crippen LogP contribution is 2.41. The van der Waals surface area contributed by atoms with Crippen molar-refractivity contribution >= 4 is 39.1 Å². The summed E-state index contributed by atoms with van der Waals surface area (Å²) in [6.45, 7) is 10.3. The van der Waals surface area contributed by atoms with Gasteiger partial charge in [-0.3, -0.25) is 0 Å². The van der Waals surface area contributed by atoms with E-state index < -0.39 is 0 Å². The highest BCUT2D eigenvalue weighted by atomic mass is 32.2. The molecule has 0 unspecified atom stereocenters. The first kappa shape index (κ1) is 16.0. The number of ether oxygens (including phenoxy) is 1. The van der Waals surface area contributed by atoms with Gasteiger partial charge in [-0.15, -0.1) is 11.3 Å². The summed E-state index contributed by atoms with van der Waals surface area (Å²) in [7, 11) is 0. The Morgan fingerprint density at radius 2 is 2.14 bits per heavy atom. The average molecular weight is 338 g/mol. The molecule has 22 heavy (non-hydrogen) atoms. The molecule has 0 spiro atoms. The SMILES string of the molecule is CSc1nc(NCC(C)C)c2c3c(sc2n1)COC(C)(C)C3. The molecule has 2 aromatic heterocycles. The number of nitrogens with one attached hydrogen (secondary N) is 1. The number of thioether (sulfide) groups is 1. The number of anilines is 1. The number of rotatable bonds is 4. The topological polar surface area (TPSA) is 47.0 Å². The van der Waals surface area contributed by atoms with Crippen LogP contribution < -0.4 is 5.32 Å². The largest absolute Gasteiger partial charge is 0.370 e. The van der Waals surface area contributed by atoms with E-state index in [1.54, 1.807) is 23.1 Å². The van der Waals surface area contributed by atoms with Gasteiger partial charge in [0.15, 0.2) is 5.16 Å². The summed E-state index contributed by atoms with van der Waals surface area (Å²) in [5.41, 5.74) is 1.25. The van der Waals surface area contributed by atoms with Crippen LogP contribution in [-0.2, 0) is 17.8 Å². The van der Waals surface area contributed by atoms with Crippen LogP contribution in [0.3, 0.4) is 0 Å². The van der Waals surface area contributed by atoms with E-state index in [1.165, 1.54) is 15.8 Å². The Bertz CT molecular complexity index is 694. The number of thiophene rings is 1.